The largest absolute Gasteiger partial charge is 0.289 e. The van der Waals surface area contributed by atoms with Crippen LogP contribution in [0.2, 0.25) is 0 Å². The van der Waals surface area contributed by atoms with Crippen molar-refractivity contribution in [3.8, 4) is 11.1 Å². The molecule has 0 atom stereocenters. The fourth-order valence-electron chi connectivity index (χ4n) is 2.93. The van der Waals surface area contributed by atoms with Crippen LogP contribution in [0.1, 0.15) is 27.0 Å². The molecule has 4 rings (SSSR count). The molecule has 0 bridgehead atoms. The van der Waals surface area contributed by atoms with E-state index in [0.717, 1.165) is 12.0 Å². The fraction of sp³-hybridized carbons (Fsp3) is 0.0526. The molecule has 0 fully saturated rings. The molecule has 0 unspecified atom stereocenters. The van der Waals surface area contributed by atoms with Gasteiger partial charge in [0.15, 0.2) is 5.78 Å². The van der Waals surface area contributed by atoms with Crippen molar-refractivity contribution in [2.24, 2.45) is 0 Å². The van der Waals surface area contributed by atoms with Crippen LogP contribution in [0.4, 0.5) is 0 Å². The molecule has 1 heterocycles. The predicted molar refractivity (Wildman–Crippen MR) is 82.4 cm³/mol. The number of fused-ring (bicyclic) bond motifs is 3. The highest BCUT2D eigenvalue weighted by Gasteiger charge is 2.19. The summed E-state index contributed by atoms with van der Waals surface area (Å²) in [5.41, 5.74) is 6.40. The maximum absolute atomic E-state index is 12.5. The van der Waals surface area contributed by atoms with Crippen molar-refractivity contribution >= 4 is 5.78 Å². The first kappa shape index (κ1) is 12.0. The number of hydrogen-bond donors (Lipinski definition) is 0. The van der Waals surface area contributed by atoms with E-state index in [0.29, 0.717) is 5.56 Å². The lowest BCUT2D eigenvalue weighted by molar-refractivity contribution is 0.103. The third-order valence-electron chi connectivity index (χ3n) is 3.98. The summed E-state index contributed by atoms with van der Waals surface area (Å²) in [4.78, 5) is 16.5. The van der Waals surface area contributed by atoms with Crippen LogP contribution in [0, 0.1) is 0 Å². The Bertz CT molecular complexity index is 837. The molecular formula is C19H13NO. The molecule has 2 aromatic carbocycles. The van der Waals surface area contributed by atoms with Crippen molar-refractivity contribution in [1.29, 1.82) is 0 Å². The Hall–Kier alpha value is -2.74. The topological polar surface area (TPSA) is 30.0 Å². The van der Waals surface area contributed by atoms with Crippen molar-refractivity contribution < 1.29 is 4.79 Å². The van der Waals surface area contributed by atoms with Gasteiger partial charge in [0.2, 0.25) is 0 Å². The van der Waals surface area contributed by atoms with E-state index in [-0.39, 0.29) is 5.78 Å². The first-order chi connectivity index (χ1) is 10.3. The van der Waals surface area contributed by atoms with Crippen LogP contribution in [-0.4, -0.2) is 10.8 Å². The quantitative estimate of drug-likeness (QED) is 0.518. The monoisotopic (exact) mass is 271 g/mol. The van der Waals surface area contributed by atoms with Crippen molar-refractivity contribution in [2.75, 3.05) is 0 Å². The normalized spacial score (nSPS) is 11.8. The molecule has 0 spiro atoms. The minimum absolute atomic E-state index is 0.0234. The Balaban J connectivity index is 1.80. The number of benzene rings is 2. The van der Waals surface area contributed by atoms with E-state index in [1.165, 1.54) is 22.3 Å². The van der Waals surface area contributed by atoms with Crippen LogP contribution < -0.4 is 0 Å². The van der Waals surface area contributed by atoms with E-state index in [1.54, 1.807) is 24.5 Å². The van der Waals surface area contributed by atoms with Crippen LogP contribution in [-0.2, 0) is 6.42 Å². The molecule has 1 aromatic heterocycles. The first-order valence-corrected chi connectivity index (χ1v) is 6.99. The second-order valence-electron chi connectivity index (χ2n) is 5.28. The van der Waals surface area contributed by atoms with Crippen LogP contribution in [0.25, 0.3) is 11.1 Å². The molecular weight excluding hydrogens is 258 g/mol. The zero-order chi connectivity index (χ0) is 14.2. The number of carbonyl (C=O) groups excluding carboxylic acids is 1. The van der Waals surface area contributed by atoms with Gasteiger partial charge in [0, 0.05) is 23.5 Å². The highest BCUT2D eigenvalue weighted by atomic mass is 16.1. The average molecular weight is 271 g/mol. The molecule has 21 heavy (non-hydrogen) atoms. The Morgan fingerprint density at radius 1 is 0.857 bits per heavy atom. The Labute approximate surface area is 123 Å². The number of hydrogen-bond acceptors (Lipinski definition) is 2. The zero-order valence-electron chi connectivity index (χ0n) is 11.4. The van der Waals surface area contributed by atoms with Gasteiger partial charge in [0.05, 0.1) is 0 Å². The number of rotatable bonds is 2. The minimum atomic E-state index is 0.0234. The third-order valence-corrected chi connectivity index (χ3v) is 3.98. The molecule has 0 aliphatic heterocycles. The van der Waals surface area contributed by atoms with Gasteiger partial charge in [-0.15, -0.1) is 0 Å². The second-order valence-corrected chi connectivity index (χ2v) is 5.28. The van der Waals surface area contributed by atoms with Gasteiger partial charge in [0.25, 0.3) is 0 Å². The van der Waals surface area contributed by atoms with Crippen LogP contribution in [0.3, 0.4) is 0 Å². The van der Waals surface area contributed by atoms with Crippen LogP contribution in [0.15, 0.2) is 67.0 Å². The third kappa shape index (κ3) is 1.96. The molecule has 0 saturated carbocycles. The minimum Gasteiger partial charge on any atom is -0.289 e. The molecule has 1 aliphatic carbocycles. The Morgan fingerprint density at radius 2 is 1.71 bits per heavy atom. The summed E-state index contributed by atoms with van der Waals surface area (Å²) in [6.07, 6.45) is 4.24. The number of pyridine rings is 1. The number of carbonyl (C=O) groups is 1. The molecule has 1 aliphatic rings. The van der Waals surface area contributed by atoms with Gasteiger partial charge >= 0.3 is 0 Å². The van der Waals surface area contributed by atoms with Gasteiger partial charge in [-0.25, -0.2) is 0 Å². The van der Waals surface area contributed by atoms with E-state index >= 15 is 0 Å². The summed E-state index contributed by atoms with van der Waals surface area (Å²) in [6, 6.07) is 18.0. The van der Waals surface area contributed by atoms with Crippen molar-refractivity contribution in [3.63, 3.8) is 0 Å². The molecule has 0 amide bonds. The molecule has 100 valence electrons. The standard InChI is InChI=1S/C19H13NO/c21-19(16-5-3-9-20-12-16)15-8-7-14-10-13-4-1-2-6-17(13)18(14)11-15/h1-9,11-12H,10H2. The summed E-state index contributed by atoms with van der Waals surface area (Å²) in [7, 11) is 0. The molecule has 0 radical (unpaired) electrons. The van der Waals surface area contributed by atoms with E-state index in [1.807, 2.05) is 18.2 Å². The van der Waals surface area contributed by atoms with Gasteiger partial charge in [-0.2, -0.15) is 0 Å². The average Bonchev–Trinajstić information content (AvgIpc) is 2.93. The maximum Gasteiger partial charge on any atom is 0.194 e. The SMILES string of the molecule is O=C(c1cccnc1)c1ccc2c(c1)-c1ccccc1C2. The number of ketones is 1. The van der Waals surface area contributed by atoms with Gasteiger partial charge < -0.3 is 0 Å². The molecule has 2 heteroatoms. The lowest BCUT2D eigenvalue weighted by Gasteiger charge is -2.05. The fourth-order valence-corrected chi connectivity index (χ4v) is 2.93. The summed E-state index contributed by atoms with van der Waals surface area (Å²) in [5.74, 6) is 0.0234. The highest BCUT2D eigenvalue weighted by Crippen LogP contribution is 2.37. The summed E-state index contributed by atoms with van der Waals surface area (Å²) in [5, 5.41) is 0. The highest BCUT2D eigenvalue weighted by molar-refractivity contribution is 6.09. The van der Waals surface area contributed by atoms with Crippen molar-refractivity contribution in [2.45, 2.75) is 6.42 Å². The summed E-state index contributed by atoms with van der Waals surface area (Å²) in [6.45, 7) is 0. The number of nitrogens with zero attached hydrogens (tertiary/aromatic N) is 1. The van der Waals surface area contributed by atoms with Crippen molar-refractivity contribution in [1.82, 2.24) is 4.98 Å². The summed E-state index contributed by atoms with van der Waals surface area (Å²) < 4.78 is 0. The lowest BCUT2D eigenvalue weighted by atomic mass is 9.98. The van der Waals surface area contributed by atoms with Gasteiger partial charge in [-0.3, -0.25) is 9.78 Å². The van der Waals surface area contributed by atoms with Gasteiger partial charge in [-0.05, 0) is 46.9 Å². The number of aromatic nitrogens is 1. The van der Waals surface area contributed by atoms with E-state index in [2.05, 4.69) is 29.2 Å². The zero-order valence-corrected chi connectivity index (χ0v) is 11.4. The molecule has 2 nitrogen and oxygen atoms in total. The van der Waals surface area contributed by atoms with Crippen LogP contribution in [0.5, 0.6) is 0 Å². The molecule has 0 N–H and O–H groups in total. The van der Waals surface area contributed by atoms with E-state index < -0.39 is 0 Å². The van der Waals surface area contributed by atoms with Crippen LogP contribution >= 0.6 is 0 Å². The Kier molecular flexibility index (Phi) is 2.68. The lowest BCUT2D eigenvalue weighted by Crippen LogP contribution is -2.02. The smallest absolute Gasteiger partial charge is 0.194 e. The molecule has 0 saturated heterocycles. The van der Waals surface area contributed by atoms with E-state index in [4.69, 9.17) is 0 Å². The van der Waals surface area contributed by atoms with Gasteiger partial charge in [0.1, 0.15) is 0 Å². The van der Waals surface area contributed by atoms with Crippen molar-refractivity contribution in [3.05, 3.63) is 89.2 Å². The van der Waals surface area contributed by atoms with E-state index in [9.17, 15) is 4.79 Å². The predicted octanol–water partition coefficient (Wildman–Crippen LogP) is 3.88. The maximum atomic E-state index is 12.5. The second kappa shape index (κ2) is 4.67. The Morgan fingerprint density at radius 3 is 2.57 bits per heavy atom. The first-order valence-electron chi connectivity index (χ1n) is 6.99. The summed E-state index contributed by atoms with van der Waals surface area (Å²) >= 11 is 0. The van der Waals surface area contributed by atoms with Gasteiger partial charge in [-0.1, -0.05) is 36.4 Å². The molecule has 3 aromatic rings.